The van der Waals surface area contributed by atoms with Crippen LogP contribution in [-0.4, -0.2) is 36.7 Å². The highest BCUT2D eigenvalue weighted by Gasteiger charge is 2.36. The van der Waals surface area contributed by atoms with Gasteiger partial charge in [0.25, 0.3) is 0 Å². The summed E-state index contributed by atoms with van der Waals surface area (Å²) in [4.78, 5) is 26.7. The second-order valence-electron chi connectivity index (χ2n) is 7.97. The molecule has 6 nitrogen and oxygen atoms in total. The lowest BCUT2D eigenvalue weighted by Gasteiger charge is -2.37. The summed E-state index contributed by atoms with van der Waals surface area (Å²) in [6.45, 7) is 1.95. The molecular formula is C27H25ClFNO5. The molecule has 8 heteroatoms. The van der Waals surface area contributed by atoms with Crippen LogP contribution >= 0.6 is 11.6 Å². The highest BCUT2D eigenvalue weighted by Crippen LogP contribution is 2.41. The van der Waals surface area contributed by atoms with Crippen LogP contribution in [0.2, 0.25) is 5.02 Å². The number of nitrogens with zero attached hydrogens (tertiary/aromatic N) is 1. The van der Waals surface area contributed by atoms with Crippen LogP contribution in [0.1, 0.15) is 35.2 Å². The van der Waals surface area contributed by atoms with Crippen LogP contribution in [0, 0.1) is 5.82 Å². The number of esters is 1. The molecule has 1 aliphatic rings. The van der Waals surface area contributed by atoms with E-state index in [9.17, 15) is 14.0 Å². The monoisotopic (exact) mass is 497 g/mol. The van der Waals surface area contributed by atoms with E-state index in [1.54, 1.807) is 37.3 Å². The van der Waals surface area contributed by atoms with Crippen molar-refractivity contribution in [3.8, 4) is 5.75 Å². The summed E-state index contributed by atoms with van der Waals surface area (Å²) < 4.78 is 31.0. The summed E-state index contributed by atoms with van der Waals surface area (Å²) in [5.41, 5.74) is 2.49. The Kier molecular flexibility index (Phi) is 7.87. The maximum Gasteiger partial charge on any atom is 0.410 e. The first-order valence-corrected chi connectivity index (χ1v) is 11.7. The molecule has 0 aliphatic carbocycles. The molecule has 0 aromatic heterocycles. The van der Waals surface area contributed by atoms with Crippen LogP contribution in [-0.2, 0) is 27.3 Å². The minimum atomic E-state index is -0.728. The number of hydrogen-bond acceptors (Lipinski definition) is 5. The maximum atomic E-state index is 14.7. The Morgan fingerprint density at radius 3 is 2.60 bits per heavy atom. The molecule has 3 aromatic rings. The Morgan fingerprint density at radius 2 is 1.83 bits per heavy atom. The molecule has 0 saturated heterocycles. The molecule has 4 rings (SSSR count). The van der Waals surface area contributed by atoms with Gasteiger partial charge in [-0.05, 0) is 54.3 Å². The van der Waals surface area contributed by atoms with E-state index in [4.69, 9.17) is 25.8 Å². The smallest absolute Gasteiger partial charge is 0.410 e. The number of carbonyl (C=O) groups is 2. The molecule has 1 amide bonds. The van der Waals surface area contributed by atoms with Gasteiger partial charge in [-0.25, -0.2) is 14.0 Å². The Morgan fingerprint density at radius 1 is 1.03 bits per heavy atom. The van der Waals surface area contributed by atoms with Gasteiger partial charge in [0.2, 0.25) is 0 Å². The minimum absolute atomic E-state index is 0.0979. The standard InChI is InChI=1S/C27H25ClFNO5/c1-2-33-25(31)17-34-24-12-11-19(28)15-22(24)26-21-9-6-10-23(29)20(21)13-14-30(26)27(32)35-16-18-7-4-3-5-8-18/h3-12,15,26H,2,13-14,16-17H2,1H3. The van der Waals surface area contributed by atoms with Crippen molar-refractivity contribution in [1.29, 1.82) is 0 Å². The molecule has 1 heterocycles. The van der Waals surface area contributed by atoms with Crippen LogP contribution in [0.3, 0.4) is 0 Å². The average molecular weight is 498 g/mol. The Labute approximate surface area is 208 Å². The first kappa shape index (κ1) is 24.5. The first-order valence-electron chi connectivity index (χ1n) is 11.3. The molecule has 0 N–H and O–H groups in total. The van der Waals surface area contributed by atoms with E-state index in [1.165, 1.54) is 11.0 Å². The summed E-state index contributed by atoms with van der Waals surface area (Å²) in [7, 11) is 0. The number of benzene rings is 3. The molecule has 0 spiro atoms. The molecule has 0 saturated carbocycles. The summed E-state index contributed by atoms with van der Waals surface area (Å²) in [6.07, 6.45) is -0.219. The molecule has 1 unspecified atom stereocenters. The number of ether oxygens (including phenoxy) is 3. The molecule has 1 atom stereocenters. The number of fused-ring (bicyclic) bond motifs is 1. The molecule has 0 radical (unpaired) electrons. The molecule has 35 heavy (non-hydrogen) atoms. The Bertz CT molecular complexity index is 1200. The van der Waals surface area contributed by atoms with Crippen molar-refractivity contribution in [2.24, 2.45) is 0 Å². The van der Waals surface area contributed by atoms with E-state index >= 15 is 0 Å². The lowest BCUT2D eigenvalue weighted by molar-refractivity contribution is -0.145. The van der Waals surface area contributed by atoms with E-state index in [2.05, 4.69) is 0 Å². The highest BCUT2D eigenvalue weighted by atomic mass is 35.5. The van der Waals surface area contributed by atoms with Gasteiger partial charge in [0, 0.05) is 17.1 Å². The first-order chi connectivity index (χ1) is 17.0. The Hall–Kier alpha value is -3.58. The number of hydrogen-bond donors (Lipinski definition) is 0. The molecule has 1 aliphatic heterocycles. The zero-order valence-corrected chi connectivity index (χ0v) is 20.0. The van der Waals surface area contributed by atoms with Gasteiger partial charge >= 0.3 is 12.1 Å². The van der Waals surface area contributed by atoms with Gasteiger partial charge in [-0.2, -0.15) is 0 Å². The fourth-order valence-corrected chi connectivity index (χ4v) is 4.34. The maximum absolute atomic E-state index is 14.7. The highest BCUT2D eigenvalue weighted by molar-refractivity contribution is 6.30. The summed E-state index contributed by atoms with van der Waals surface area (Å²) >= 11 is 6.32. The quantitative estimate of drug-likeness (QED) is 0.391. The van der Waals surface area contributed by atoms with Gasteiger partial charge < -0.3 is 14.2 Å². The predicted molar refractivity (Wildman–Crippen MR) is 129 cm³/mol. The van der Waals surface area contributed by atoms with Gasteiger partial charge in [-0.3, -0.25) is 4.90 Å². The molecular weight excluding hydrogens is 473 g/mol. The van der Waals surface area contributed by atoms with E-state index in [1.807, 2.05) is 30.3 Å². The number of halogens is 2. The zero-order valence-electron chi connectivity index (χ0n) is 19.2. The van der Waals surface area contributed by atoms with Crippen molar-refractivity contribution in [1.82, 2.24) is 4.90 Å². The Balaban J connectivity index is 1.69. The lowest BCUT2D eigenvalue weighted by Crippen LogP contribution is -2.41. The van der Waals surface area contributed by atoms with Gasteiger partial charge in [-0.15, -0.1) is 0 Å². The summed E-state index contributed by atoms with van der Waals surface area (Å²) in [5.74, 6) is -0.533. The minimum Gasteiger partial charge on any atom is -0.482 e. The number of carbonyl (C=O) groups excluding carboxylic acids is 2. The van der Waals surface area contributed by atoms with E-state index < -0.39 is 18.1 Å². The zero-order chi connectivity index (χ0) is 24.8. The van der Waals surface area contributed by atoms with Crippen LogP contribution < -0.4 is 4.74 Å². The van der Waals surface area contributed by atoms with Crippen LogP contribution in [0.15, 0.2) is 66.7 Å². The van der Waals surface area contributed by atoms with Gasteiger partial charge in [0.1, 0.15) is 18.2 Å². The van der Waals surface area contributed by atoms with Gasteiger partial charge in [0.05, 0.1) is 12.6 Å². The van der Waals surface area contributed by atoms with Crippen molar-refractivity contribution in [3.05, 3.63) is 99.8 Å². The topological polar surface area (TPSA) is 65.1 Å². The SMILES string of the molecule is CCOC(=O)COc1ccc(Cl)cc1C1c2cccc(F)c2CCN1C(=O)OCc1ccccc1. The van der Waals surface area contributed by atoms with Crippen molar-refractivity contribution >= 4 is 23.7 Å². The summed E-state index contributed by atoms with van der Waals surface area (Å²) in [6, 6.07) is 18.3. The lowest BCUT2D eigenvalue weighted by atomic mass is 9.87. The van der Waals surface area contributed by atoms with Crippen molar-refractivity contribution in [2.45, 2.75) is 26.0 Å². The van der Waals surface area contributed by atoms with E-state index in [0.717, 1.165) is 5.56 Å². The van der Waals surface area contributed by atoms with E-state index in [0.29, 0.717) is 33.9 Å². The second kappa shape index (κ2) is 11.2. The van der Waals surface area contributed by atoms with E-state index in [-0.39, 0.29) is 32.2 Å². The van der Waals surface area contributed by atoms with Crippen molar-refractivity contribution in [3.63, 3.8) is 0 Å². The molecule has 3 aromatic carbocycles. The largest absolute Gasteiger partial charge is 0.482 e. The van der Waals surface area contributed by atoms with Crippen LogP contribution in [0.4, 0.5) is 9.18 Å². The van der Waals surface area contributed by atoms with Gasteiger partial charge in [-0.1, -0.05) is 54.1 Å². The number of rotatable bonds is 7. The third kappa shape index (κ3) is 5.74. The fourth-order valence-electron chi connectivity index (χ4n) is 4.16. The molecule has 182 valence electrons. The summed E-state index contributed by atoms with van der Waals surface area (Å²) in [5, 5.41) is 0.407. The third-order valence-electron chi connectivity index (χ3n) is 5.72. The number of amides is 1. The van der Waals surface area contributed by atoms with Crippen LogP contribution in [0.25, 0.3) is 0 Å². The van der Waals surface area contributed by atoms with Crippen molar-refractivity contribution < 1.29 is 28.2 Å². The van der Waals surface area contributed by atoms with Crippen LogP contribution in [0.5, 0.6) is 5.75 Å². The van der Waals surface area contributed by atoms with Gasteiger partial charge in [0.15, 0.2) is 6.61 Å². The molecule has 0 bridgehead atoms. The third-order valence-corrected chi connectivity index (χ3v) is 5.96. The fraction of sp³-hybridized carbons (Fsp3) is 0.259. The second-order valence-corrected chi connectivity index (χ2v) is 8.41. The normalized spacial score (nSPS) is 14.7. The van der Waals surface area contributed by atoms with Crippen molar-refractivity contribution in [2.75, 3.05) is 19.8 Å². The molecule has 0 fully saturated rings. The predicted octanol–water partition coefficient (Wildman–Crippen LogP) is 5.71. The average Bonchev–Trinajstić information content (AvgIpc) is 2.87.